The molecule has 0 saturated carbocycles. The van der Waals surface area contributed by atoms with E-state index in [4.69, 9.17) is 4.74 Å². The molecule has 0 aromatic heterocycles. The third-order valence-electron chi connectivity index (χ3n) is 2.01. The van der Waals surface area contributed by atoms with Crippen molar-refractivity contribution < 1.29 is 9.13 Å². The van der Waals surface area contributed by atoms with Gasteiger partial charge >= 0.3 is 0 Å². The normalized spacial score (nSPS) is 11.6. The van der Waals surface area contributed by atoms with Gasteiger partial charge in [-0.3, -0.25) is 0 Å². The van der Waals surface area contributed by atoms with Crippen LogP contribution in [0.4, 0.5) is 4.39 Å². The molecule has 0 bridgehead atoms. The first-order valence-corrected chi connectivity index (χ1v) is 5.65. The van der Waals surface area contributed by atoms with Crippen LogP contribution in [0.3, 0.4) is 0 Å². The quantitative estimate of drug-likeness (QED) is 0.801. The van der Waals surface area contributed by atoms with Crippen molar-refractivity contribution in [2.45, 2.75) is 20.3 Å². The zero-order valence-electron chi connectivity index (χ0n) is 8.89. The van der Waals surface area contributed by atoms with Crippen molar-refractivity contribution in [2.24, 2.45) is 0 Å². The van der Waals surface area contributed by atoms with Crippen molar-refractivity contribution in [3.05, 3.63) is 40.1 Å². The Bertz CT molecular complexity index is 357. The van der Waals surface area contributed by atoms with E-state index in [1.807, 2.05) is 19.1 Å². The Balaban J connectivity index is 2.68. The van der Waals surface area contributed by atoms with Crippen LogP contribution >= 0.6 is 15.9 Å². The van der Waals surface area contributed by atoms with Crippen LogP contribution in [0.1, 0.15) is 18.1 Å². The zero-order chi connectivity index (χ0) is 11.3. The highest BCUT2D eigenvalue weighted by molar-refractivity contribution is 9.11. The van der Waals surface area contributed by atoms with E-state index in [2.05, 4.69) is 28.9 Å². The molecule has 0 radical (unpaired) electrons. The molecular weight excluding hydrogens is 259 g/mol. The van der Waals surface area contributed by atoms with E-state index in [1.54, 1.807) is 0 Å². The second kappa shape index (κ2) is 5.91. The second-order valence-electron chi connectivity index (χ2n) is 3.31. The fourth-order valence-electron chi connectivity index (χ4n) is 1.31. The van der Waals surface area contributed by atoms with Gasteiger partial charge in [0.1, 0.15) is 12.4 Å². The van der Waals surface area contributed by atoms with Gasteiger partial charge in [0.15, 0.2) is 4.74 Å². The van der Waals surface area contributed by atoms with Gasteiger partial charge in [-0.05, 0) is 58.6 Å². The van der Waals surface area contributed by atoms with E-state index in [0.29, 0.717) is 0 Å². The summed E-state index contributed by atoms with van der Waals surface area (Å²) in [7, 11) is 0. The number of hydrogen-bond acceptors (Lipinski definition) is 1. The van der Waals surface area contributed by atoms with Crippen LogP contribution < -0.4 is 4.74 Å². The van der Waals surface area contributed by atoms with Gasteiger partial charge in [-0.15, -0.1) is 0 Å². The predicted octanol–water partition coefficient (Wildman–Crippen LogP) is 4.14. The summed E-state index contributed by atoms with van der Waals surface area (Å²) in [5, 5.41) is 0. The zero-order valence-corrected chi connectivity index (χ0v) is 10.5. The lowest BCUT2D eigenvalue weighted by molar-refractivity contribution is 0.360. The topological polar surface area (TPSA) is 9.23 Å². The molecule has 1 nitrogen and oxygen atoms in total. The minimum Gasteiger partial charge on any atom is -0.489 e. The molecule has 82 valence electrons. The van der Waals surface area contributed by atoms with Crippen molar-refractivity contribution in [2.75, 3.05) is 6.61 Å². The summed E-state index contributed by atoms with van der Waals surface area (Å²) in [5.41, 5.74) is 2.39. The minimum atomic E-state index is -0.397. The molecule has 0 atom stereocenters. The van der Waals surface area contributed by atoms with Crippen molar-refractivity contribution in [1.82, 2.24) is 0 Å². The molecule has 0 unspecified atom stereocenters. The van der Waals surface area contributed by atoms with Gasteiger partial charge < -0.3 is 4.74 Å². The Morgan fingerprint density at radius 1 is 1.47 bits per heavy atom. The highest BCUT2D eigenvalue weighted by atomic mass is 79.9. The first kappa shape index (κ1) is 12.2. The van der Waals surface area contributed by atoms with Crippen LogP contribution in [0.25, 0.3) is 0 Å². The molecule has 0 fully saturated rings. The fourth-order valence-corrected chi connectivity index (χ4v) is 1.45. The SMILES string of the molecule is CCc1cc(C)cc(OCC=C(F)Br)c1. The summed E-state index contributed by atoms with van der Waals surface area (Å²) in [5.74, 6) is 0.789. The molecule has 0 saturated heterocycles. The minimum absolute atomic E-state index is 0.240. The third kappa shape index (κ3) is 4.47. The standard InChI is InChI=1S/C12H14BrFO/c1-3-10-6-9(2)7-11(8-10)15-5-4-12(13)14/h4,6-8H,3,5H2,1-2H3. The van der Waals surface area contributed by atoms with Crippen molar-refractivity contribution in [3.63, 3.8) is 0 Å². The average Bonchev–Trinajstić information content (AvgIpc) is 2.16. The van der Waals surface area contributed by atoms with Crippen LogP contribution in [-0.2, 0) is 6.42 Å². The summed E-state index contributed by atoms with van der Waals surface area (Å²) in [6.07, 6.45) is 2.31. The number of rotatable bonds is 4. The maximum absolute atomic E-state index is 12.3. The Morgan fingerprint density at radius 3 is 2.80 bits per heavy atom. The van der Waals surface area contributed by atoms with Crippen LogP contribution in [0.5, 0.6) is 5.75 Å². The Morgan fingerprint density at radius 2 is 2.20 bits per heavy atom. The van der Waals surface area contributed by atoms with Crippen LogP contribution in [-0.4, -0.2) is 6.61 Å². The Kier molecular flexibility index (Phi) is 4.82. The van der Waals surface area contributed by atoms with E-state index in [9.17, 15) is 4.39 Å². The Hall–Kier alpha value is -0.830. The van der Waals surface area contributed by atoms with Crippen molar-refractivity contribution in [1.29, 1.82) is 0 Å². The molecular formula is C12H14BrFO. The molecule has 1 rings (SSSR count). The monoisotopic (exact) mass is 272 g/mol. The summed E-state index contributed by atoms with van der Waals surface area (Å²) < 4.78 is 17.3. The third-order valence-corrected chi connectivity index (χ3v) is 2.33. The van der Waals surface area contributed by atoms with Gasteiger partial charge in [0, 0.05) is 0 Å². The largest absolute Gasteiger partial charge is 0.489 e. The molecule has 15 heavy (non-hydrogen) atoms. The van der Waals surface area contributed by atoms with Crippen molar-refractivity contribution >= 4 is 15.9 Å². The number of aryl methyl sites for hydroxylation is 2. The molecule has 0 aliphatic rings. The highest BCUT2D eigenvalue weighted by Gasteiger charge is 1.97. The van der Waals surface area contributed by atoms with E-state index >= 15 is 0 Å². The highest BCUT2D eigenvalue weighted by Crippen LogP contribution is 2.17. The summed E-state index contributed by atoms with van der Waals surface area (Å²) >= 11 is 2.70. The lowest BCUT2D eigenvalue weighted by Gasteiger charge is -2.06. The summed E-state index contributed by atoms with van der Waals surface area (Å²) in [6.45, 7) is 4.35. The van der Waals surface area contributed by atoms with Gasteiger partial charge in [-0.1, -0.05) is 13.0 Å². The predicted molar refractivity (Wildman–Crippen MR) is 64.2 cm³/mol. The van der Waals surface area contributed by atoms with Crippen LogP contribution in [0, 0.1) is 6.92 Å². The van der Waals surface area contributed by atoms with Crippen LogP contribution in [0.2, 0.25) is 0 Å². The number of benzene rings is 1. The molecule has 0 spiro atoms. The first-order chi connectivity index (χ1) is 7.11. The number of halogens is 2. The molecule has 0 aliphatic heterocycles. The van der Waals surface area contributed by atoms with Gasteiger partial charge in [0.05, 0.1) is 0 Å². The lowest BCUT2D eigenvalue weighted by Crippen LogP contribution is -1.95. The number of ether oxygens (including phenoxy) is 1. The van der Waals surface area contributed by atoms with E-state index < -0.39 is 4.74 Å². The molecule has 0 amide bonds. The van der Waals surface area contributed by atoms with E-state index in [-0.39, 0.29) is 6.61 Å². The lowest BCUT2D eigenvalue weighted by atomic mass is 10.1. The van der Waals surface area contributed by atoms with Gasteiger partial charge in [0.25, 0.3) is 0 Å². The maximum atomic E-state index is 12.3. The summed E-state index contributed by atoms with van der Waals surface area (Å²) in [4.78, 5) is 0. The Labute approximate surface area is 98.1 Å². The first-order valence-electron chi connectivity index (χ1n) is 4.86. The molecule has 1 aromatic carbocycles. The molecule has 0 N–H and O–H groups in total. The molecule has 1 aromatic rings. The van der Waals surface area contributed by atoms with Gasteiger partial charge in [0.2, 0.25) is 0 Å². The molecule has 0 aliphatic carbocycles. The fraction of sp³-hybridized carbons (Fsp3) is 0.333. The molecule has 0 heterocycles. The average molecular weight is 273 g/mol. The maximum Gasteiger partial charge on any atom is 0.165 e. The van der Waals surface area contributed by atoms with Gasteiger partial charge in [-0.2, -0.15) is 4.39 Å². The van der Waals surface area contributed by atoms with E-state index in [1.165, 1.54) is 11.6 Å². The summed E-state index contributed by atoms with van der Waals surface area (Å²) in [6, 6.07) is 6.04. The van der Waals surface area contributed by atoms with Gasteiger partial charge in [-0.25, -0.2) is 0 Å². The second-order valence-corrected chi connectivity index (χ2v) is 4.07. The molecule has 3 heteroatoms. The van der Waals surface area contributed by atoms with Crippen LogP contribution in [0.15, 0.2) is 29.0 Å². The smallest absolute Gasteiger partial charge is 0.165 e. The number of hydrogen-bond donors (Lipinski definition) is 0. The van der Waals surface area contributed by atoms with Crippen molar-refractivity contribution in [3.8, 4) is 5.75 Å². The van der Waals surface area contributed by atoms with E-state index in [0.717, 1.165) is 17.7 Å².